The second-order valence-electron chi connectivity index (χ2n) is 6.14. The quantitative estimate of drug-likeness (QED) is 0.463. The van der Waals surface area contributed by atoms with Gasteiger partial charge in [0.15, 0.2) is 11.5 Å². The minimum absolute atomic E-state index is 0.0832. The minimum atomic E-state index is -0.920. The van der Waals surface area contributed by atoms with Crippen LogP contribution in [0.15, 0.2) is 23.2 Å². The van der Waals surface area contributed by atoms with Gasteiger partial charge in [-0.2, -0.15) is 0 Å². The summed E-state index contributed by atoms with van der Waals surface area (Å²) < 4.78 is 25.2. The van der Waals surface area contributed by atoms with Crippen LogP contribution >= 0.6 is 23.2 Å². The van der Waals surface area contributed by atoms with Crippen molar-refractivity contribution < 1.29 is 33.3 Å². The van der Waals surface area contributed by atoms with E-state index in [0.29, 0.717) is 16.9 Å². The van der Waals surface area contributed by atoms with Gasteiger partial charge in [-0.15, -0.1) is 0 Å². The van der Waals surface area contributed by atoms with Crippen LogP contribution in [-0.4, -0.2) is 46.9 Å². The molecule has 0 spiro atoms. The molecule has 0 bridgehead atoms. The van der Waals surface area contributed by atoms with Crippen LogP contribution in [0.2, 0.25) is 10.0 Å². The highest BCUT2D eigenvalue weighted by atomic mass is 35.5. The molecule has 2 aromatic carbocycles. The zero-order valence-electron chi connectivity index (χ0n) is 17.0. The van der Waals surface area contributed by atoms with Crippen molar-refractivity contribution in [2.24, 2.45) is 4.99 Å². The van der Waals surface area contributed by atoms with Gasteiger partial charge < -0.3 is 28.6 Å². The molecule has 0 aliphatic carbocycles. The molecule has 0 saturated carbocycles. The summed E-state index contributed by atoms with van der Waals surface area (Å²) in [7, 11) is 5.31. The molecule has 1 aliphatic heterocycles. The SMILES string of the molecule is COC(=O)Oc1cc(Cl)c2c(c1OC)CN(c1cc(OC)c(C(=O)OC)cc1Cl)C=N2. The van der Waals surface area contributed by atoms with Gasteiger partial charge in [-0.1, -0.05) is 23.2 Å². The van der Waals surface area contributed by atoms with Gasteiger partial charge in [0.25, 0.3) is 0 Å². The van der Waals surface area contributed by atoms with Crippen molar-refractivity contribution >= 4 is 53.0 Å². The van der Waals surface area contributed by atoms with Gasteiger partial charge in [0.2, 0.25) is 0 Å². The summed E-state index contributed by atoms with van der Waals surface area (Å²) in [6.45, 7) is 0.223. The van der Waals surface area contributed by atoms with E-state index >= 15 is 0 Å². The van der Waals surface area contributed by atoms with Crippen molar-refractivity contribution in [3.63, 3.8) is 0 Å². The second-order valence-corrected chi connectivity index (χ2v) is 6.96. The number of carbonyl (C=O) groups excluding carboxylic acids is 2. The molecule has 0 aromatic heterocycles. The van der Waals surface area contributed by atoms with Gasteiger partial charge in [-0.05, 0) is 6.07 Å². The van der Waals surface area contributed by atoms with Crippen LogP contribution < -0.4 is 19.1 Å². The van der Waals surface area contributed by atoms with E-state index in [0.717, 1.165) is 0 Å². The smallest absolute Gasteiger partial charge is 0.496 e. The van der Waals surface area contributed by atoms with E-state index in [9.17, 15) is 9.59 Å². The summed E-state index contributed by atoms with van der Waals surface area (Å²) in [5.41, 5.74) is 1.71. The van der Waals surface area contributed by atoms with E-state index in [1.54, 1.807) is 11.0 Å². The molecule has 31 heavy (non-hydrogen) atoms. The maximum atomic E-state index is 12.0. The normalized spacial score (nSPS) is 12.1. The zero-order chi connectivity index (χ0) is 22.7. The zero-order valence-corrected chi connectivity index (χ0v) is 18.5. The molecule has 0 saturated heterocycles. The Kier molecular flexibility index (Phi) is 6.77. The van der Waals surface area contributed by atoms with Gasteiger partial charge in [0, 0.05) is 17.7 Å². The molecule has 0 radical (unpaired) electrons. The maximum Gasteiger partial charge on any atom is 0.513 e. The highest BCUT2D eigenvalue weighted by Crippen LogP contribution is 2.46. The first-order chi connectivity index (χ1) is 14.8. The fourth-order valence-electron chi connectivity index (χ4n) is 3.05. The van der Waals surface area contributed by atoms with E-state index in [1.165, 1.54) is 46.9 Å². The van der Waals surface area contributed by atoms with Crippen LogP contribution in [0, 0.1) is 0 Å². The van der Waals surface area contributed by atoms with Crippen molar-refractivity contribution in [1.29, 1.82) is 0 Å². The predicted molar refractivity (Wildman–Crippen MR) is 115 cm³/mol. The number of anilines is 1. The number of hydrogen-bond donors (Lipinski definition) is 0. The lowest BCUT2D eigenvalue weighted by Crippen LogP contribution is -2.24. The molecule has 0 amide bonds. The lowest BCUT2D eigenvalue weighted by atomic mass is 10.1. The van der Waals surface area contributed by atoms with Gasteiger partial charge >= 0.3 is 12.1 Å². The van der Waals surface area contributed by atoms with Gasteiger partial charge in [0.05, 0.1) is 62.7 Å². The van der Waals surface area contributed by atoms with E-state index in [4.69, 9.17) is 42.1 Å². The number of halogens is 2. The molecule has 3 rings (SSSR count). The number of aliphatic imine (C=N–C) groups is 1. The molecule has 0 unspecified atom stereocenters. The van der Waals surface area contributed by atoms with Crippen LogP contribution in [0.5, 0.6) is 17.2 Å². The van der Waals surface area contributed by atoms with Crippen LogP contribution in [0.4, 0.5) is 16.2 Å². The molecular formula is C20H18Cl2N2O7. The summed E-state index contributed by atoms with van der Waals surface area (Å²) in [5.74, 6) is 0.0417. The number of ether oxygens (including phenoxy) is 5. The third-order valence-electron chi connectivity index (χ3n) is 4.47. The monoisotopic (exact) mass is 468 g/mol. The minimum Gasteiger partial charge on any atom is -0.496 e. The standard InChI is InChI=1S/C20H18Cl2N2O7/c1-27-15-7-14(12(21)5-10(15)19(25)29-3)24-8-11-17(23-9-24)13(22)6-16(18(11)28-2)31-20(26)30-4/h5-7,9H,8H2,1-4H3. The summed E-state index contributed by atoms with van der Waals surface area (Å²) in [5, 5.41) is 0.526. The van der Waals surface area contributed by atoms with Crippen LogP contribution in [0.3, 0.4) is 0 Å². The lowest BCUT2D eigenvalue weighted by Gasteiger charge is -2.28. The summed E-state index contributed by atoms with van der Waals surface area (Å²) >= 11 is 12.8. The molecule has 164 valence electrons. The molecule has 2 aromatic rings. The Labute approximate surface area is 188 Å². The summed E-state index contributed by atoms with van der Waals surface area (Å²) in [4.78, 5) is 29.7. The predicted octanol–water partition coefficient (Wildman–Crippen LogP) is 4.62. The first-order valence-electron chi connectivity index (χ1n) is 8.76. The van der Waals surface area contributed by atoms with E-state index in [-0.39, 0.29) is 39.4 Å². The van der Waals surface area contributed by atoms with Gasteiger partial charge in [-0.3, -0.25) is 0 Å². The largest absolute Gasteiger partial charge is 0.513 e. The topological polar surface area (TPSA) is 95.9 Å². The Hall–Kier alpha value is -3.17. The third-order valence-corrected chi connectivity index (χ3v) is 5.06. The average molecular weight is 469 g/mol. The molecule has 1 aliphatic rings. The van der Waals surface area contributed by atoms with Crippen molar-refractivity contribution in [3.05, 3.63) is 39.4 Å². The molecule has 0 fully saturated rings. The lowest BCUT2D eigenvalue weighted by molar-refractivity contribution is 0.0597. The number of nitrogens with zero attached hydrogens (tertiary/aromatic N) is 2. The number of rotatable bonds is 5. The summed E-state index contributed by atoms with van der Waals surface area (Å²) in [6.07, 6.45) is 0.615. The first kappa shape index (κ1) is 22.5. The van der Waals surface area contributed by atoms with E-state index in [1.807, 2.05) is 0 Å². The number of esters is 1. The van der Waals surface area contributed by atoms with E-state index in [2.05, 4.69) is 9.73 Å². The van der Waals surface area contributed by atoms with Crippen molar-refractivity contribution in [2.45, 2.75) is 6.54 Å². The molecule has 11 heteroatoms. The van der Waals surface area contributed by atoms with Crippen molar-refractivity contribution in [1.82, 2.24) is 0 Å². The molecular weight excluding hydrogens is 451 g/mol. The number of methoxy groups -OCH3 is 4. The first-order valence-corrected chi connectivity index (χ1v) is 9.52. The fourth-order valence-corrected chi connectivity index (χ4v) is 3.59. The summed E-state index contributed by atoms with van der Waals surface area (Å²) in [6, 6.07) is 4.46. The van der Waals surface area contributed by atoms with Gasteiger partial charge in [0.1, 0.15) is 11.3 Å². The number of benzene rings is 2. The number of hydrogen-bond acceptors (Lipinski definition) is 9. The number of fused-ring (bicyclic) bond motifs is 1. The Balaban J connectivity index is 2.06. The van der Waals surface area contributed by atoms with Crippen molar-refractivity contribution in [3.8, 4) is 17.2 Å². The average Bonchev–Trinajstić information content (AvgIpc) is 2.78. The van der Waals surface area contributed by atoms with Crippen LogP contribution in [0.25, 0.3) is 0 Å². The Bertz CT molecular complexity index is 1070. The van der Waals surface area contributed by atoms with Gasteiger partial charge in [-0.25, -0.2) is 14.6 Å². The van der Waals surface area contributed by atoms with Crippen molar-refractivity contribution in [2.75, 3.05) is 33.3 Å². The molecule has 9 nitrogen and oxygen atoms in total. The second kappa shape index (κ2) is 9.32. The maximum absolute atomic E-state index is 12.0. The Morgan fingerprint density at radius 2 is 1.71 bits per heavy atom. The highest BCUT2D eigenvalue weighted by molar-refractivity contribution is 6.34. The third kappa shape index (κ3) is 4.33. The van der Waals surface area contributed by atoms with E-state index < -0.39 is 12.1 Å². The molecule has 1 heterocycles. The van der Waals surface area contributed by atoms with Crippen LogP contribution in [-0.2, 0) is 16.0 Å². The molecule has 0 N–H and O–H groups in total. The van der Waals surface area contributed by atoms with Crippen LogP contribution in [0.1, 0.15) is 15.9 Å². The number of carbonyl (C=O) groups is 2. The Morgan fingerprint density at radius 3 is 2.32 bits per heavy atom. The fraction of sp³-hybridized carbons (Fsp3) is 0.250. The highest BCUT2D eigenvalue weighted by Gasteiger charge is 2.27. The molecule has 0 atom stereocenters. The Morgan fingerprint density at radius 1 is 0.968 bits per heavy atom.